The van der Waals surface area contributed by atoms with E-state index in [2.05, 4.69) is 36.1 Å². The van der Waals surface area contributed by atoms with E-state index in [1.54, 1.807) is 21.3 Å². The largest absolute Gasteiger partial charge is 0.448 e. The molecule has 1 atom stereocenters. The molecule has 0 radical (unpaired) electrons. The van der Waals surface area contributed by atoms with Crippen molar-refractivity contribution in [2.45, 2.75) is 56.8 Å². The van der Waals surface area contributed by atoms with E-state index in [1.807, 2.05) is 85.8 Å². The molecule has 5 rings (SSSR count). The summed E-state index contributed by atoms with van der Waals surface area (Å²) >= 11 is 0. The van der Waals surface area contributed by atoms with Gasteiger partial charge in [0, 0.05) is 38.3 Å². The van der Waals surface area contributed by atoms with Crippen LogP contribution in [0.1, 0.15) is 36.5 Å². The monoisotopic (exact) mass is 645 g/mol. The minimum atomic E-state index is -3.81. The zero-order valence-electron chi connectivity index (χ0n) is 26.0. The maximum absolute atomic E-state index is 14.0. The summed E-state index contributed by atoms with van der Waals surface area (Å²) in [4.78, 5) is 17.5. The molecule has 1 heterocycles. The molecule has 0 aliphatic carbocycles. The average molecular weight is 646 g/mol. The van der Waals surface area contributed by atoms with E-state index in [1.165, 1.54) is 11.1 Å². The Hall–Kier alpha value is -3.79. The first-order valence-corrected chi connectivity index (χ1v) is 16.7. The number of carbonyl (C=O) groups excluding carboxylic acids is 1. The molecule has 1 fully saturated rings. The van der Waals surface area contributed by atoms with Gasteiger partial charge >= 0.3 is 6.09 Å². The minimum Gasteiger partial charge on any atom is -0.448 e. The van der Waals surface area contributed by atoms with Crippen LogP contribution < -0.4 is 4.31 Å². The van der Waals surface area contributed by atoms with Gasteiger partial charge in [-0.15, -0.1) is 0 Å². The molecule has 0 N–H and O–H groups in total. The number of sulfonamides is 1. The Labute approximate surface area is 274 Å². The number of hydrogen-bond acceptors (Lipinski definition) is 5. The van der Waals surface area contributed by atoms with Gasteiger partial charge in [0.1, 0.15) is 6.61 Å². The molecule has 0 unspecified atom stereocenters. The van der Waals surface area contributed by atoms with E-state index in [4.69, 9.17) is 4.74 Å². The first kappa shape index (κ1) is 34.1. The highest BCUT2D eigenvalue weighted by Crippen LogP contribution is 2.31. The van der Waals surface area contributed by atoms with Crippen molar-refractivity contribution in [1.29, 1.82) is 0 Å². The smallest absolute Gasteiger partial charge is 0.409 e. The highest BCUT2D eigenvalue weighted by atomic mass is 32.2. The lowest BCUT2D eigenvalue weighted by molar-refractivity contribution is 0.0592. The number of nitrogens with zero attached hydrogens (tertiary/aromatic N) is 3. The Bertz CT molecular complexity index is 1560. The first-order valence-electron chi connectivity index (χ1n) is 15.2. The molecule has 0 saturated carbocycles. The zero-order valence-corrected chi connectivity index (χ0v) is 27.8. The molecule has 45 heavy (non-hydrogen) atoms. The fourth-order valence-electron chi connectivity index (χ4n) is 5.75. The van der Waals surface area contributed by atoms with Crippen LogP contribution in [0.15, 0.2) is 120 Å². The Balaban J connectivity index is 0.00000461. The molecule has 9 heteroatoms. The van der Waals surface area contributed by atoms with E-state index in [0.717, 1.165) is 13.1 Å². The van der Waals surface area contributed by atoms with Gasteiger partial charge in [-0.1, -0.05) is 97.1 Å². The van der Waals surface area contributed by atoms with Crippen LogP contribution >= 0.6 is 13.5 Å². The van der Waals surface area contributed by atoms with Gasteiger partial charge < -0.3 is 9.64 Å². The predicted octanol–water partition coefficient (Wildman–Crippen LogP) is 7.00. The molecule has 238 valence electrons. The van der Waals surface area contributed by atoms with Crippen molar-refractivity contribution in [3.63, 3.8) is 0 Å². The Kier molecular flexibility index (Phi) is 12.1. The first-order chi connectivity index (χ1) is 21.3. The second-order valence-corrected chi connectivity index (χ2v) is 13.2. The van der Waals surface area contributed by atoms with E-state index < -0.39 is 10.0 Å². The number of amides is 1. The lowest BCUT2D eigenvalue weighted by Crippen LogP contribution is -2.49. The SMILES string of the molecule is Cc1ccccc1S(=O)(=O)N(c1ccccc1)C1CCN(C(=O)OC[C@H](C)N(Cc2ccccc2)Cc2ccccc2)CC1.S. The zero-order chi connectivity index (χ0) is 30.9. The number of likely N-dealkylation sites (tertiary alicyclic amines) is 1. The lowest BCUT2D eigenvalue weighted by Gasteiger charge is -2.39. The average Bonchev–Trinajstić information content (AvgIpc) is 3.05. The molecular weight excluding hydrogens is 603 g/mol. The van der Waals surface area contributed by atoms with Crippen molar-refractivity contribution in [1.82, 2.24) is 9.80 Å². The van der Waals surface area contributed by atoms with Crippen molar-refractivity contribution in [2.75, 3.05) is 24.0 Å². The molecule has 4 aromatic rings. The second kappa shape index (κ2) is 16.0. The van der Waals surface area contributed by atoms with Crippen LogP contribution in [0, 0.1) is 6.92 Å². The lowest BCUT2D eigenvalue weighted by atomic mass is 10.0. The topological polar surface area (TPSA) is 70.2 Å². The number of carbonyl (C=O) groups is 1. The molecule has 1 aliphatic rings. The van der Waals surface area contributed by atoms with Crippen molar-refractivity contribution in [2.24, 2.45) is 0 Å². The van der Waals surface area contributed by atoms with Gasteiger partial charge in [-0.3, -0.25) is 9.21 Å². The summed E-state index contributed by atoms with van der Waals surface area (Å²) in [5, 5.41) is 0. The Morgan fingerprint density at radius 3 is 1.82 bits per heavy atom. The van der Waals surface area contributed by atoms with Gasteiger partial charge in [0.05, 0.1) is 10.6 Å². The van der Waals surface area contributed by atoms with E-state index in [9.17, 15) is 13.2 Å². The summed E-state index contributed by atoms with van der Waals surface area (Å²) in [6.45, 7) is 6.48. The molecule has 0 aromatic heterocycles. The standard InChI is InChI=1S/C36H41N3O4S.H2S/c1-29-14-12-13-21-35(29)44(41,42)39(33-19-10-5-11-20-33)34-22-24-37(25-23-34)36(40)43-28-30(2)38(26-31-15-6-3-7-16-31)27-32-17-8-4-9-18-32;/h3-21,30,34H,22-28H2,1-2H3;1H2/t30-;/m0./s1. The normalized spacial score (nSPS) is 14.4. The second-order valence-electron chi connectivity index (χ2n) is 11.4. The van der Waals surface area contributed by atoms with E-state index in [0.29, 0.717) is 42.1 Å². The Morgan fingerprint density at radius 1 is 0.800 bits per heavy atom. The summed E-state index contributed by atoms with van der Waals surface area (Å²) in [6.07, 6.45) is 0.667. The quantitative estimate of drug-likeness (QED) is 0.176. The maximum atomic E-state index is 14.0. The summed E-state index contributed by atoms with van der Waals surface area (Å²) in [5.74, 6) is 0. The predicted molar refractivity (Wildman–Crippen MR) is 185 cm³/mol. The fourth-order valence-corrected chi connectivity index (χ4v) is 7.69. The molecule has 1 amide bonds. The third-order valence-corrected chi connectivity index (χ3v) is 10.3. The Morgan fingerprint density at radius 2 is 1.29 bits per heavy atom. The molecule has 0 spiro atoms. The molecule has 1 aliphatic heterocycles. The summed E-state index contributed by atoms with van der Waals surface area (Å²) < 4.78 is 35.4. The number of aryl methyl sites for hydroxylation is 1. The molecule has 1 saturated heterocycles. The summed E-state index contributed by atoms with van der Waals surface area (Å²) in [5.41, 5.74) is 3.74. The molecule has 4 aromatic carbocycles. The summed E-state index contributed by atoms with van der Waals surface area (Å²) in [6, 6.07) is 36.6. The number of benzene rings is 4. The molecular formula is C36H43N3O4S2. The van der Waals surface area contributed by atoms with Gasteiger partial charge in [-0.05, 0) is 61.6 Å². The third-order valence-electron chi connectivity index (χ3n) is 8.22. The van der Waals surface area contributed by atoms with Gasteiger partial charge in [-0.2, -0.15) is 13.5 Å². The highest BCUT2D eigenvalue weighted by Gasteiger charge is 2.36. The van der Waals surface area contributed by atoms with Crippen molar-refractivity contribution in [3.8, 4) is 0 Å². The van der Waals surface area contributed by atoms with Crippen LogP contribution in [0.2, 0.25) is 0 Å². The van der Waals surface area contributed by atoms with Crippen LogP contribution in [0.5, 0.6) is 0 Å². The van der Waals surface area contributed by atoms with Crippen LogP contribution in [0.25, 0.3) is 0 Å². The number of hydrogen-bond donors (Lipinski definition) is 0. The van der Waals surface area contributed by atoms with E-state index >= 15 is 0 Å². The number of rotatable bonds is 11. The van der Waals surface area contributed by atoms with Crippen molar-refractivity contribution in [3.05, 3.63) is 132 Å². The minimum absolute atomic E-state index is 0. The van der Waals surface area contributed by atoms with Crippen LogP contribution in [-0.2, 0) is 27.8 Å². The van der Waals surface area contributed by atoms with Gasteiger partial charge in [0.2, 0.25) is 0 Å². The number of ether oxygens (including phenoxy) is 1. The van der Waals surface area contributed by atoms with Crippen molar-refractivity contribution < 1.29 is 17.9 Å². The van der Waals surface area contributed by atoms with Crippen LogP contribution in [0.4, 0.5) is 10.5 Å². The fraction of sp³-hybridized carbons (Fsp3) is 0.306. The number of para-hydroxylation sites is 1. The molecule has 7 nitrogen and oxygen atoms in total. The van der Waals surface area contributed by atoms with Crippen molar-refractivity contribution >= 4 is 35.3 Å². The van der Waals surface area contributed by atoms with Gasteiger partial charge in [0.15, 0.2) is 0 Å². The van der Waals surface area contributed by atoms with Crippen LogP contribution in [0.3, 0.4) is 0 Å². The maximum Gasteiger partial charge on any atom is 0.409 e. The van der Waals surface area contributed by atoms with Gasteiger partial charge in [0.25, 0.3) is 10.0 Å². The third kappa shape index (κ3) is 8.69. The number of piperidine rings is 1. The highest BCUT2D eigenvalue weighted by molar-refractivity contribution is 7.93. The van der Waals surface area contributed by atoms with E-state index in [-0.39, 0.29) is 38.3 Å². The van der Waals surface area contributed by atoms with Gasteiger partial charge in [-0.25, -0.2) is 13.2 Å². The number of anilines is 1. The summed E-state index contributed by atoms with van der Waals surface area (Å²) in [7, 11) is -3.81. The van der Waals surface area contributed by atoms with Crippen LogP contribution in [-0.4, -0.2) is 56.1 Å². The molecule has 0 bridgehead atoms.